The van der Waals surface area contributed by atoms with Crippen LogP contribution in [0.3, 0.4) is 0 Å². The molecule has 0 aliphatic heterocycles. The first-order chi connectivity index (χ1) is 14.2. The van der Waals surface area contributed by atoms with Crippen LogP contribution in [-0.4, -0.2) is 31.7 Å². The Kier molecular flexibility index (Phi) is 6.45. The number of benzene rings is 1. The third-order valence-electron chi connectivity index (χ3n) is 4.53. The Morgan fingerprint density at radius 3 is 2.43 bits per heavy atom. The molecule has 2 heterocycles. The minimum Gasteiger partial charge on any atom is -0.461 e. The van der Waals surface area contributed by atoms with Gasteiger partial charge in [-0.05, 0) is 50.2 Å². The largest absolute Gasteiger partial charge is 0.461 e. The van der Waals surface area contributed by atoms with E-state index in [0.717, 1.165) is 0 Å². The number of nitrogens with zero attached hydrogens (tertiary/aromatic N) is 3. The maximum atomic E-state index is 12.9. The molecule has 3 aromatic rings. The first-order valence-electron chi connectivity index (χ1n) is 9.80. The van der Waals surface area contributed by atoms with Crippen LogP contribution in [0.15, 0.2) is 52.2 Å². The number of Topliss-reactive ketones (excluding diaryl/α,β-unsaturated/α-hetero) is 1. The summed E-state index contributed by atoms with van der Waals surface area (Å²) in [5, 5.41) is 11.6. The normalized spacial score (nSPS) is 12.6. The Hall–Kier alpha value is -2.87. The number of rotatable bonds is 7. The molecule has 158 valence electrons. The molecule has 1 amide bonds. The average molecular weight is 427 g/mol. The maximum Gasteiger partial charge on any atom is 0.229 e. The molecule has 1 atom stereocenters. The van der Waals surface area contributed by atoms with Gasteiger partial charge in [-0.15, -0.1) is 10.2 Å². The topological polar surface area (TPSA) is 90.0 Å². The van der Waals surface area contributed by atoms with Crippen molar-refractivity contribution < 1.29 is 14.0 Å². The van der Waals surface area contributed by atoms with Crippen molar-refractivity contribution in [1.82, 2.24) is 14.8 Å². The van der Waals surface area contributed by atoms with Crippen LogP contribution >= 0.6 is 11.8 Å². The first-order valence-corrected chi connectivity index (χ1v) is 10.7. The van der Waals surface area contributed by atoms with Crippen molar-refractivity contribution >= 4 is 29.1 Å². The molecule has 3 rings (SSSR count). The van der Waals surface area contributed by atoms with E-state index in [-0.39, 0.29) is 16.9 Å². The molecule has 7 nitrogen and oxygen atoms in total. The molecular weight excluding hydrogens is 400 g/mol. The predicted molar refractivity (Wildman–Crippen MR) is 118 cm³/mol. The first kappa shape index (κ1) is 21.8. The fourth-order valence-corrected chi connectivity index (χ4v) is 3.72. The third kappa shape index (κ3) is 4.81. The van der Waals surface area contributed by atoms with E-state index in [4.69, 9.17) is 4.42 Å². The number of carbonyl (C=O) groups is 2. The highest BCUT2D eigenvalue weighted by Crippen LogP contribution is 2.29. The highest BCUT2D eigenvalue weighted by Gasteiger charge is 2.23. The van der Waals surface area contributed by atoms with Crippen LogP contribution in [0, 0.1) is 5.41 Å². The maximum absolute atomic E-state index is 12.9. The average Bonchev–Trinajstić information content (AvgIpc) is 3.36. The van der Waals surface area contributed by atoms with Crippen LogP contribution in [0.25, 0.3) is 11.6 Å². The molecular formula is C22H26N4O3S. The number of aromatic nitrogens is 3. The standard InChI is InChI=1S/C22H26N4O3S/c1-6-26-19(17-8-7-13-29-17)24-25-21(26)30-14(2)18(27)15-9-11-16(12-10-15)23-20(28)22(3,4)5/h7-14H,6H2,1-5H3,(H,23,28). The molecule has 0 aliphatic carbocycles. The molecule has 0 bridgehead atoms. The van der Waals surface area contributed by atoms with E-state index < -0.39 is 5.41 Å². The van der Waals surface area contributed by atoms with Gasteiger partial charge in [0.05, 0.1) is 11.5 Å². The minimum absolute atomic E-state index is 0.0149. The molecule has 8 heteroatoms. The highest BCUT2D eigenvalue weighted by atomic mass is 32.2. The van der Waals surface area contributed by atoms with Crippen LogP contribution in [0.4, 0.5) is 5.69 Å². The lowest BCUT2D eigenvalue weighted by Gasteiger charge is -2.18. The zero-order valence-electron chi connectivity index (χ0n) is 17.8. The second-order valence-electron chi connectivity index (χ2n) is 7.93. The van der Waals surface area contributed by atoms with Crippen molar-refractivity contribution in [2.45, 2.75) is 51.6 Å². The van der Waals surface area contributed by atoms with Crippen molar-refractivity contribution in [3.8, 4) is 11.6 Å². The lowest BCUT2D eigenvalue weighted by molar-refractivity contribution is -0.123. The molecule has 1 aromatic carbocycles. The van der Waals surface area contributed by atoms with E-state index in [1.165, 1.54) is 11.8 Å². The molecule has 0 saturated heterocycles. The fourth-order valence-electron chi connectivity index (χ4n) is 2.73. The Labute approximate surface area is 180 Å². The van der Waals surface area contributed by atoms with E-state index in [1.807, 2.05) is 45.3 Å². The van der Waals surface area contributed by atoms with Gasteiger partial charge in [0.25, 0.3) is 0 Å². The number of thioether (sulfide) groups is 1. The van der Waals surface area contributed by atoms with E-state index >= 15 is 0 Å². The number of ketones is 1. The lowest BCUT2D eigenvalue weighted by atomic mass is 9.95. The van der Waals surface area contributed by atoms with Crippen LogP contribution in [0.1, 0.15) is 45.0 Å². The van der Waals surface area contributed by atoms with Gasteiger partial charge in [0.15, 0.2) is 22.5 Å². The summed E-state index contributed by atoms with van der Waals surface area (Å²) in [6, 6.07) is 10.6. The van der Waals surface area contributed by atoms with Gasteiger partial charge in [0.1, 0.15) is 0 Å². The van der Waals surface area contributed by atoms with E-state index in [2.05, 4.69) is 15.5 Å². The summed E-state index contributed by atoms with van der Waals surface area (Å²) in [5.41, 5.74) is 0.766. The van der Waals surface area contributed by atoms with Gasteiger partial charge in [-0.1, -0.05) is 32.5 Å². The molecule has 1 unspecified atom stereocenters. The third-order valence-corrected chi connectivity index (χ3v) is 5.62. The summed E-state index contributed by atoms with van der Waals surface area (Å²) in [5.74, 6) is 1.20. The summed E-state index contributed by atoms with van der Waals surface area (Å²) in [6.45, 7) is 10.1. The van der Waals surface area contributed by atoms with E-state index in [9.17, 15) is 9.59 Å². The Morgan fingerprint density at radius 2 is 1.87 bits per heavy atom. The zero-order valence-corrected chi connectivity index (χ0v) is 18.6. The SMILES string of the molecule is CCn1c(SC(C)C(=O)c2ccc(NC(=O)C(C)(C)C)cc2)nnc1-c1ccco1. The van der Waals surface area contributed by atoms with Crippen molar-refractivity contribution in [2.24, 2.45) is 5.41 Å². The van der Waals surface area contributed by atoms with Crippen LogP contribution < -0.4 is 5.32 Å². The molecule has 30 heavy (non-hydrogen) atoms. The Morgan fingerprint density at radius 1 is 1.17 bits per heavy atom. The predicted octanol–water partition coefficient (Wildman–Crippen LogP) is 4.91. The van der Waals surface area contributed by atoms with Crippen molar-refractivity contribution in [1.29, 1.82) is 0 Å². The fraction of sp³-hybridized carbons (Fsp3) is 0.364. The van der Waals surface area contributed by atoms with Crippen LogP contribution in [0.2, 0.25) is 0 Å². The van der Waals surface area contributed by atoms with Gasteiger partial charge in [-0.2, -0.15) is 0 Å². The van der Waals surface area contributed by atoms with E-state index in [0.29, 0.717) is 34.5 Å². The van der Waals surface area contributed by atoms with Crippen molar-refractivity contribution in [3.05, 3.63) is 48.2 Å². The second kappa shape index (κ2) is 8.87. The quantitative estimate of drug-likeness (QED) is 0.427. The van der Waals surface area contributed by atoms with Crippen molar-refractivity contribution in [2.75, 3.05) is 5.32 Å². The van der Waals surface area contributed by atoms with Gasteiger partial charge in [-0.3, -0.25) is 14.2 Å². The monoisotopic (exact) mass is 426 g/mol. The van der Waals surface area contributed by atoms with E-state index in [1.54, 1.807) is 36.6 Å². The zero-order chi connectivity index (χ0) is 21.9. The Bertz CT molecular complexity index is 1020. The van der Waals surface area contributed by atoms with Crippen LogP contribution in [0.5, 0.6) is 0 Å². The molecule has 2 aromatic heterocycles. The van der Waals surface area contributed by atoms with Crippen LogP contribution in [-0.2, 0) is 11.3 Å². The minimum atomic E-state index is -0.483. The lowest BCUT2D eigenvalue weighted by Crippen LogP contribution is -2.27. The van der Waals surface area contributed by atoms with Gasteiger partial charge in [-0.25, -0.2) is 0 Å². The highest BCUT2D eigenvalue weighted by molar-refractivity contribution is 8.00. The summed E-state index contributed by atoms with van der Waals surface area (Å²) in [4.78, 5) is 25.0. The van der Waals surface area contributed by atoms with Crippen molar-refractivity contribution in [3.63, 3.8) is 0 Å². The molecule has 0 aliphatic rings. The molecule has 0 radical (unpaired) electrons. The summed E-state index contributed by atoms with van der Waals surface area (Å²) >= 11 is 1.36. The van der Waals surface area contributed by atoms with Gasteiger partial charge in [0, 0.05) is 23.2 Å². The molecule has 0 spiro atoms. The summed E-state index contributed by atoms with van der Waals surface area (Å²) < 4.78 is 7.36. The van der Waals surface area contributed by atoms with Gasteiger partial charge in [0.2, 0.25) is 5.91 Å². The number of hydrogen-bond donors (Lipinski definition) is 1. The molecule has 1 N–H and O–H groups in total. The molecule has 0 fully saturated rings. The smallest absolute Gasteiger partial charge is 0.229 e. The van der Waals surface area contributed by atoms with Gasteiger partial charge >= 0.3 is 0 Å². The number of amides is 1. The molecule has 0 saturated carbocycles. The number of hydrogen-bond acceptors (Lipinski definition) is 6. The number of furan rings is 1. The number of anilines is 1. The van der Waals surface area contributed by atoms with Gasteiger partial charge < -0.3 is 9.73 Å². The number of carbonyl (C=O) groups excluding carboxylic acids is 2. The second-order valence-corrected chi connectivity index (χ2v) is 9.24. The Balaban J connectivity index is 1.70. The summed E-state index contributed by atoms with van der Waals surface area (Å²) in [6.07, 6.45) is 1.59. The summed E-state index contributed by atoms with van der Waals surface area (Å²) in [7, 11) is 0. The number of nitrogens with one attached hydrogen (secondary N) is 1.